The van der Waals surface area contributed by atoms with Crippen molar-refractivity contribution in [3.63, 3.8) is 0 Å². The van der Waals surface area contributed by atoms with Crippen molar-refractivity contribution in [1.82, 2.24) is 20.1 Å². The van der Waals surface area contributed by atoms with E-state index in [-0.39, 0.29) is 18.0 Å². The molecule has 1 saturated heterocycles. The fourth-order valence-electron chi connectivity index (χ4n) is 2.86. The number of carbonyl (C=O) groups is 2. The normalized spacial score (nSPS) is 16.0. The van der Waals surface area contributed by atoms with Gasteiger partial charge in [0.2, 0.25) is 0 Å². The third-order valence-corrected chi connectivity index (χ3v) is 4.91. The number of aromatic amines is 1. The molecule has 7 heteroatoms. The Hall–Kier alpha value is -2.28. The second-order valence-electron chi connectivity index (χ2n) is 6.05. The number of thiophene rings is 1. The molecule has 0 bridgehead atoms. The number of urea groups is 1. The maximum atomic E-state index is 12.3. The monoisotopic (exact) mass is 346 g/mol. The first-order valence-corrected chi connectivity index (χ1v) is 9.07. The largest absolute Gasteiger partial charge is 0.357 e. The molecule has 0 spiro atoms. The minimum atomic E-state index is -0.0512. The van der Waals surface area contributed by atoms with Gasteiger partial charge in [0.05, 0.1) is 0 Å². The number of hydrogen-bond acceptors (Lipinski definition) is 3. The maximum Gasteiger partial charge on any atom is 0.317 e. The summed E-state index contributed by atoms with van der Waals surface area (Å²) >= 11 is 1.67. The molecule has 24 heavy (non-hydrogen) atoms. The van der Waals surface area contributed by atoms with Crippen LogP contribution in [0.4, 0.5) is 4.79 Å². The van der Waals surface area contributed by atoms with Gasteiger partial charge >= 0.3 is 6.03 Å². The Bertz CT molecular complexity index is 661. The van der Waals surface area contributed by atoms with E-state index in [4.69, 9.17) is 0 Å². The predicted octanol–water partition coefficient (Wildman–Crippen LogP) is 2.17. The molecule has 1 aliphatic heterocycles. The topological polar surface area (TPSA) is 68.4 Å². The van der Waals surface area contributed by atoms with Crippen LogP contribution in [0.5, 0.6) is 0 Å². The van der Waals surface area contributed by atoms with Crippen LogP contribution < -0.4 is 5.32 Å². The van der Waals surface area contributed by atoms with Gasteiger partial charge in [-0.05, 0) is 47.9 Å². The number of H-pyrrole nitrogens is 1. The molecular formula is C17H22N4O2S. The summed E-state index contributed by atoms with van der Waals surface area (Å²) < 4.78 is 0. The summed E-state index contributed by atoms with van der Waals surface area (Å²) in [7, 11) is 0. The number of rotatable bonds is 4. The molecule has 2 N–H and O–H groups in total. The van der Waals surface area contributed by atoms with E-state index in [2.05, 4.69) is 21.7 Å². The van der Waals surface area contributed by atoms with Gasteiger partial charge in [-0.3, -0.25) is 4.79 Å². The number of amides is 3. The van der Waals surface area contributed by atoms with Crippen molar-refractivity contribution in [3.05, 3.63) is 46.4 Å². The Balaban J connectivity index is 1.45. The number of hydrogen-bond donors (Lipinski definition) is 2. The highest BCUT2D eigenvalue weighted by Crippen LogP contribution is 2.10. The average molecular weight is 346 g/mol. The number of nitrogens with zero attached hydrogens (tertiary/aromatic N) is 2. The lowest BCUT2D eigenvalue weighted by Crippen LogP contribution is -2.54. The molecule has 1 aliphatic rings. The molecule has 0 aliphatic carbocycles. The van der Waals surface area contributed by atoms with Crippen LogP contribution in [0.15, 0.2) is 35.2 Å². The molecule has 1 atom stereocenters. The van der Waals surface area contributed by atoms with Gasteiger partial charge in [-0.25, -0.2) is 4.79 Å². The zero-order chi connectivity index (χ0) is 16.9. The van der Waals surface area contributed by atoms with E-state index in [1.807, 2.05) is 18.4 Å². The van der Waals surface area contributed by atoms with E-state index in [1.54, 1.807) is 33.4 Å². The summed E-state index contributed by atoms with van der Waals surface area (Å²) in [6, 6.07) is 5.70. The highest BCUT2D eigenvalue weighted by molar-refractivity contribution is 7.07. The first kappa shape index (κ1) is 16.6. The third kappa shape index (κ3) is 3.97. The van der Waals surface area contributed by atoms with Gasteiger partial charge in [0, 0.05) is 38.4 Å². The van der Waals surface area contributed by atoms with Gasteiger partial charge in [-0.2, -0.15) is 11.3 Å². The minimum Gasteiger partial charge on any atom is -0.357 e. The van der Waals surface area contributed by atoms with Crippen molar-refractivity contribution < 1.29 is 9.59 Å². The number of aromatic nitrogens is 1. The van der Waals surface area contributed by atoms with E-state index < -0.39 is 0 Å². The molecule has 1 fully saturated rings. The van der Waals surface area contributed by atoms with E-state index >= 15 is 0 Å². The Morgan fingerprint density at radius 1 is 1.25 bits per heavy atom. The van der Waals surface area contributed by atoms with Crippen LogP contribution in [0, 0.1) is 0 Å². The van der Waals surface area contributed by atoms with E-state index in [0.717, 1.165) is 6.42 Å². The van der Waals surface area contributed by atoms with Crippen LogP contribution in [0.1, 0.15) is 23.0 Å². The first-order valence-electron chi connectivity index (χ1n) is 8.12. The van der Waals surface area contributed by atoms with Crippen LogP contribution >= 0.6 is 11.3 Å². The molecule has 6 nitrogen and oxygen atoms in total. The Labute approximate surface area is 145 Å². The molecule has 0 unspecified atom stereocenters. The fraction of sp³-hybridized carbons (Fsp3) is 0.412. The summed E-state index contributed by atoms with van der Waals surface area (Å²) in [4.78, 5) is 31.1. The summed E-state index contributed by atoms with van der Waals surface area (Å²) in [6.07, 6.45) is 2.58. The van der Waals surface area contributed by atoms with Crippen LogP contribution in [-0.2, 0) is 6.42 Å². The smallest absolute Gasteiger partial charge is 0.317 e. The molecule has 0 radical (unpaired) electrons. The molecule has 2 aromatic rings. The lowest BCUT2D eigenvalue weighted by molar-refractivity contribution is 0.0658. The summed E-state index contributed by atoms with van der Waals surface area (Å²) in [6.45, 7) is 4.25. The average Bonchev–Trinajstić information content (AvgIpc) is 3.27. The molecule has 3 rings (SSSR count). The van der Waals surface area contributed by atoms with Gasteiger partial charge < -0.3 is 20.1 Å². The number of carbonyl (C=O) groups excluding carboxylic acids is 2. The Morgan fingerprint density at radius 2 is 2.00 bits per heavy atom. The zero-order valence-electron chi connectivity index (χ0n) is 13.7. The van der Waals surface area contributed by atoms with Crippen molar-refractivity contribution in [2.45, 2.75) is 19.4 Å². The van der Waals surface area contributed by atoms with Crippen LogP contribution in [0.25, 0.3) is 0 Å². The lowest BCUT2D eigenvalue weighted by Gasteiger charge is -2.35. The molecular weight excluding hydrogens is 324 g/mol. The summed E-state index contributed by atoms with van der Waals surface area (Å²) in [5.41, 5.74) is 1.84. The van der Waals surface area contributed by atoms with Gasteiger partial charge in [0.15, 0.2) is 0 Å². The predicted molar refractivity (Wildman–Crippen MR) is 94.3 cm³/mol. The SMILES string of the molecule is C[C@@H](Cc1ccsc1)NC(=O)N1CCN(C(=O)c2ccc[nH]2)CC1. The second kappa shape index (κ2) is 7.53. The minimum absolute atomic E-state index is 0.00844. The van der Waals surface area contributed by atoms with Crippen LogP contribution in [0.3, 0.4) is 0 Å². The summed E-state index contributed by atoms with van der Waals surface area (Å²) in [5, 5.41) is 7.19. The van der Waals surface area contributed by atoms with Crippen molar-refractivity contribution in [3.8, 4) is 0 Å². The van der Waals surface area contributed by atoms with Gasteiger partial charge in [0.25, 0.3) is 5.91 Å². The Kier molecular flexibility index (Phi) is 5.20. The van der Waals surface area contributed by atoms with Gasteiger partial charge in [-0.1, -0.05) is 0 Å². The zero-order valence-corrected chi connectivity index (χ0v) is 14.5. The van der Waals surface area contributed by atoms with Crippen molar-refractivity contribution >= 4 is 23.3 Å². The molecule has 0 aromatic carbocycles. The molecule has 2 aromatic heterocycles. The highest BCUT2D eigenvalue weighted by Gasteiger charge is 2.25. The maximum absolute atomic E-state index is 12.3. The third-order valence-electron chi connectivity index (χ3n) is 4.17. The van der Waals surface area contributed by atoms with E-state index in [0.29, 0.717) is 31.9 Å². The van der Waals surface area contributed by atoms with Crippen LogP contribution in [-0.4, -0.2) is 58.9 Å². The van der Waals surface area contributed by atoms with E-state index in [9.17, 15) is 9.59 Å². The van der Waals surface area contributed by atoms with E-state index in [1.165, 1.54) is 5.56 Å². The van der Waals surface area contributed by atoms with Crippen molar-refractivity contribution in [2.24, 2.45) is 0 Å². The fourth-order valence-corrected chi connectivity index (χ4v) is 3.54. The lowest BCUT2D eigenvalue weighted by atomic mass is 10.1. The second-order valence-corrected chi connectivity index (χ2v) is 6.83. The van der Waals surface area contributed by atoms with Gasteiger partial charge in [-0.15, -0.1) is 0 Å². The number of nitrogens with one attached hydrogen (secondary N) is 2. The van der Waals surface area contributed by atoms with Crippen molar-refractivity contribution in [2.75, 3.05) is 26.2 Å². The Morgan fingerprint density at radius 3 is 2.62 bits per heavy atom. The molecule has 128 valence electrons. The molecule has 3 amide bonds. The molecule has 3 heterocycles. The molecule has 0 saturated carbocycles. The standard InChI is InChI=1S/C17H22N4O2S/c1-13(11-14-4-10-24-12-14)19-17(23)21-8-6-20(7-9-21)16(22)15-3-2-5-18-15/h2-5,10,12-13,18H,6-9,11H2,1H3,(H,19,23)/t13-/m0/s1. The van der Waals surface area contributed by atoms with Crippen molar-refractivity contribution in [1.29, 1.82) is 0 Å². The first-order chi connectivity index (χ1) is 11.6. The quantitative estimate of drug-likeness (QED) is 0.891. The number of piperazine rings is 1. The highest BCUT2D eigenvalue weighted by atomic mass is 32.1. The van der Waals surface area contributed by atoms with Gasteiger partial charge in [0.1, 0.15) is 5.69 Å². The van der Waals surface area contributed by atoms with Crippen LogP contribution in [0.2, 0.25) is 0 Å². The summed E-state index contributed by atoms with van der Waals surface area (Å²) in [5.74, 6) is -0.00844.